The van der Waals surface area contributed by atoms with Gasteiger partial charge in [0.2, 0.25) is 5.91 Å². The van der Waals surface area contributed by atoms with E-state index in [1.165, 1.54) is 18.2 Å². The number of nitro benzene ring substituents is 1. The molecule has 1 aromatic carbocycles. The average Bonchev–Trinajstić information content (AvgIpc) is 2.39. The van der Waals surface area contributed by atoms with E-state index in [4.69, 9.17) is 9.84 Å². The molecule has 104 valence electrons. The van der Waals surface area contributed by atoms with Gasteiger partial charge in [0, 0.05) is 24.2 Å². The van der Waals surface area contributed by atoms with Crippen LogP contribution in [0.5, 0.6) is 5.75 Å². The van der Waals surface area contributed by atoms with E-state index in [0.717, 1.165) is 0 Å². The van der Waals surface area contributed by atoms with Crippen molar-refractivity contribution in [1.82, 2.24) is 5.32 Å². The summed E-state index contributed by atoms with van der Waals surface area (Å²) < 4.78 is 5.34. The maximum atomic E-state index is 11.2. The average molecular weight is 268 g/mol. The van der Waals surface area contributed by atoms with E-state index in [1.807, 2.05) is 6.92 Å². The summed E-state index contributed by atoms with van der Waals surface area (Å²) >= 11 is 0. The molecule has 0 aliphatic carbocycles. The molecule has 0 saturated carbocycles. The molecule has 19 heavy (non-hydrogen) atoms. The SMILES string of the molecule is CCNC(=O)CCOc1ccc([N+](=O)[O-])cc1CO. The summed E-state index contributed by atoms with van der Waals surface area (Å²) in [5.41, 5.74) is 0.213. The molecule has 0 unspecified atom stereocenters. The van der Waals surface area contributed by atoms with Gasteiger partial charge in [-0.3, -0.25) is 14.9 Å². The number of hydrogen-bond donors (Lipinski definition) is 2. The van der Waals surface area contributed by atoms with Crippen LogP contribution >= 0.6 is 0 Å². The lowest BCUT2D eigenvalue weighted by Crippen LogP contribution is -2.24. The molecule has 7 nitrogen and oxygen atoms in total. The standard InChI is InChI=1S/C12H16N2O5/c1-2-13-12(16)5-6-19-11-4-3-10(14(17)18)7-9(11)8-15/h3-4,7,15H,2,5-6,8H2,1H3,(H,13,16). The minimum absolute atomic E-state index is 0.111. The zero-order valence-corrected chi connectivity index (χ0v) is 10.6. The first-order valence-corrected chi connectivity index (χ1v) is 5.86. The van der Waals surface area contributed by atoms with Gasteiger partial charge in [-0.1, -0.05) is 0 Å². The Morgan fingerprint density at radius 1 is 1.53 bits per heavy atom. The molecule has 0 spiro atoms. The number of amides is 1. The highest BCUT2D eigenvalue weighted by atomic mass is 16.6. The molecule has 1 aromatic rings. The zero-order valence-electron chi connectivity index (χ0n) is 10.6. The minimum Gasteiger partial charge on any atom is -0.493 e. The van der Waals surface area contributed by atoms with Crippen LogP contribution in [0.4, 0.5) is 5.69 Å². The molecule has 0 radical (unpaired) electrons. The Balaban J connectivity index is 2.63. The van der Waals surface area contributed by atoms with E-state index in [-0.39, 0.29) is 31.2 Å². The fourth-order valence-corrected chi connectivity index (χ4v) is 1.48. The topological polar surface area (TPSA) is 102 Å². The van der Waals surface area contributed by atoms with Crippen molar-refractivity contribution >= 4 is 11.6 Å². The second kappa shape index (κ2) is 7.32. The highest BCUT2D eigenvalue weighted by Crippen LogP contribution is 2.24. The van der Waals surface area contributed by atoms with Gasteiger partial charge in [0.25, 0.3) is 5.69 Å². The van der Waals surface area contributed by atoms with Crippen LogP contribution in [0.1, 0.15) is 18.9 Å². The first kappa shape index (κ1) is 14.9. The van der Waals surface area contributed by atoms with Gasteiger partial charge >= 0.3 is 0 Å². The third-order valence-corrected chi connectivity index (χ3v) is 2.39. The Morgan fingerprint density at radius 2 is 2.26 bits per heavy atom. The summed E-state index contributed by atoms with van der Waals surface area (Å²) in [6.07, 6.45) is 0.190. The van der Waals surface area contributed by atoms with Crippen molar-refractivity contribution in [3.63, 3.8) is 0 Å². The largest absolute Gasteiger partial charge is 0.493 e. The van der Waals surface area contributed by atoms with E-state index in [0.29, 0.717) is 17.9 Å². The molecule has 7 heteroatoms. The number of benzene rings is 1. The fourth-order valence-electron chi connectivity index (χ4n) is 1.48. The number of aliphatic hydroxyl groups excluding tert-OH is 1. The molecular formula is C12H16N2O5. The van der Waals surface area contributed by atoms with Crippen LogP contribution in [0.15, 0.2) is 18.2 Å². The van der Waals surface area contributed by atoms with Gasteiger partial charge in [0.15, 0.2) is 0 Å². The van der Waals surface area contributed by atoms with Gasteiger partial charge in [-0.25, -0.2) is 0 Å². The highest BCUT2D eigenvalue weighted by Gasteiger charge is 2.11. The monoisotopic (exact) mass is 268 g/mol. The predicted molar refractivity (Wildman–Crippen MR) is 67.8 cm³/mol. The normalized spacial score (nSPS) is 10.0. The van der Waals surface area contributed by atoms with Crippen LogP contribution in [0.3, 0.4) is 0 Å². The number of nitro groups is 1. The molecule has 0 aliphatic rings. The van der Waals surface area contributed by atoms with Gasteiger partial charge in [-0.2, -0.15) is 0 Å². The number of rotatable bonds is 7. The third-order valence-electron chi connectivity index (χ3n) is 2.39. The van der Waals surface area contributed by atoms with Crippen LogP contribution in [-0.2, 0) is 11.4 Å². The molecule has 0 aromatic heterocycles. The molecule has 1 rings (SSSR count). The van der Waals surface area contributed by atoms with E-state index in [2.05, 4.69) is 5.32 Å². The Hall–Kier alpha value is -2.15. The number of carbonyl (C=O) groups excluding carboxylic acids is 1. The smallest absolute Gasteiger partial charge is 0.270 e. The summed E-state index contributed by atoms with van der Waals surface area (Å²) in [5, 5.41) is 22.3. The minimum atomic E-state index is -0.544. The first-order valence-electron chi connectivity index (χ1n) is 5.86. The van der Waals surface area contributed by atoms with Gasteiger partial charge in [0.05, 0.1) is 24.6 Å². The summed E-state index contributed by atoms with van der Waals surface area (Å²) in [4.78, 5) is 21.2. The fraction of sp³-hybridized carbons (Fsp3) is 0.417. The molecule has 1 amide bonds. The van der Waals surface area contributed by atoms with Crippen molar-refractivity contribution in [2.45, 2.75) is 20.0 Å². The van der Waals surface area contributed by atoms with Crippen LogP contribution < -0.4 is 10.1 Å². The quantitative estimate of drug-likeness (QED) is 0.567. The molecule has 0 saturated heterocycles. The predicted octanol–water partition coefficient (Wildman–Crippen LogP) is 0.992. The number of nitrogens with zero attached hydrogens (tertiary/aromatic N) is 1. The summed E-state index contributed by atoms with van der Waals surface area (Å²) in [6, 6.07) is 3.96. The lowest BCUT2D eigenvalue weighted by molar-refractivity contribution is -0.385. The third kappa shape index (κ3) is 4.55. The number of hydrogen-bond acceptors (Lipinski definition) is 5. The van der Waals surface area contributed by atoms with Gasteiger partial charge < -0.3 is 15.2 Å². The van der Waals surface area contributed by atoms with Gasteiger partial charge in [-0.15, -0.1) is 0 Å². The maximum Gasteiger partial charge on any atom is 0.270 e. The Bertz CT molecular complexity index is 461. The molecule has 0 atom stereocenters. The Morgan fingerprint density at radius 3 is 2.84 bits per heavy atom. The lowest BCUT2D eigenvalue weighted by atomic mass is 10.2. The van der Waals surface area contributed by atoms with Gasteiger partial charge in [-0.05, 0) is 13.0 Å². The van der Waals surface area contributed by atoms with Crippen LogP contribution in [-0.4, -0.2) is 29.1 Å². The molecule has 2 N–H and O–H groups in total. The molecule has 0 fully saturated rings. The summed E-state index contributed by atoms with van der Waals surface area (Å²) in [6.45, 7) is 2.16. The maximum absolute atomic E-state index is 11.2. The number of carbonyl (C=O) groups is 1. The molecule has 0 bridgehead atoms. The van der Waals surface area contributed by atoms with Crippen molar-refractivity contribution in [1.29, 1.82) is 0 Å². The van der Waals surface area contributed by atoms with E-state index in [9.17, 15) is 14.9 Å². The molecular weight excluding hydrogens is 252 g/mol. The van der Waals surface area contributed by atoms with Crippen molar-refractivity contribution in [2.24, 2.45) is 0 Å². The van der Waals surface area contributed by atoms with Crippen molar-refractivity contribution in [2.75, 3.05) is 13.2 Å². The van der Waals surface area contributed by atoms with Crippen LogP contribution in [0.25, 0.3) is 0 Å². The zero-order chi connectivity index (χ0) is 14.3. The van der Waals surface area contributed by atoms with E-state index in [1.54, 1.807) is 0 Å². The molecule has 0 aliphatic heterocycles. The highest BCUT2D eigenvalue weighted by molar-refractivity contribution is 5.75. The Kier molecular flexibility index (Phi) is 5.74. The number of nitrogens with one attached hydrogen (secondary N) is 1. The first-order chi connectivity index (χ1) is 9.08. The second-order valence-corrected chi connectivity index (χ2v) is 3.76. The van der Waals surface area contributed by atoms with Crippen molar-refractivity contribution in [3.8, 4) is 5.75 Å². The number of aliphatic hydroxyl groups is 1. The lowest BCUT2D eigenvalue weighted by Gasteiger charge is -2.09. The number of non-ortho nitro benzene ring substituents is 1. The van der Waals surface area contributed by atoms with Crippen molar-refractivity contribution < 1.29 is 19.6 Å². The van der Waals surface area contributed by atoms with E-state index >= 15 is 0 Å². The summed E-state index contributed by atoms with van der Waals surface area (Å²) in [7, 11) is 0. The van der Waals surface area contributed by atoms with E-state index < -0.39 is 4.92 Å². The van der Waals surface area contributed by atoms with Gasteiger partial charge in [0.1, 0.15) is 5.75 Å². The molecule has 0 heterocycles. The van der Waals surface area contributed by atoms with Crippen LogP contribution in [0.2, 0.25) is 0 Å². The summed E-state index contributed by atoms with van der Waals surface area (Å²) in [5.74, 6) is 0.215. The Labute approximate surface area is 110 Å². The van der Waals surface area contributed by atoms with Crippen LogP contribution in [0, 0.1) is 10.1 Å². The van der Waals surface area contributed by atoms with Crippen molar-refractivity contribution in [3.05, 3.63) is 33.9 Å². The number of ether oxygens (including phenoxy) is 1. The second-order valence-electron chi connectivity index (χ2n) is 3.76.